The smallest absolute Gasteiger partial charge is 0.409 e. The quantitative estimate of drug-likeness (QED) is 0.495. The summed E-state index contributed by atoms with van der Waals surface area (Å²) in [7, 11) is 0. The molecule has 3 aromatic rings. The molecular weight excluding hydrogens is 420 g/mol. The number of hydrogen-bond donors (Lipinski definition) is 1. The number of fused-ring (bicyclic) bond motifs is 2. The van der Waals surface area contributed by atoms with Crippen LogP contribution in [0.3, 0.4) is 0 Å². The zero-order valence-corrected chi connectivity index (χ0v) is 20.0. The standard InChI is InChI=1S/C30H34N2O2/c1-21-10-12-22(13-11-21)16-28-24(8-5-9-29(28)34-30(31)33)17-27-25-14-15-26(27)20-32(19-25)18-23-6-3-2-4-7-23/h2-13,25-27H,14-20H2,1H3,(H2,31,33). The number of hydrogen-bond acceptors (Lipinski definition) is 3. The van der Waals surface area contributed by atoms with E-state index < -0.39 is 6.09 Å². The maximum atomic E-state index is 11.6. The van der Waals surface area contributed by atoms with Gasteiger partial charge in [0.1, 0.15) is 5.75 Å². The highest BCUT2D eigenvalue weighted by molar-refractivity contribution is 5.69. The number of piperidine rings is 1. The van der Waals surface area contributed by atoms with Gasteiger partial charge in [-0.25, -0.2) is 4.79 Å². The van der Waals surface area contributed by atoms with Crippen molar-refractivity contribution in [3.8, 4) is 5.75 Å². The molecule has 1 saturated heterocycles. The van der Waals surface area contributed by atoms with Crippen LogP contribution in [0.1, 0.15) is 40.7 Å². The molecule has 1 amide bonds. The number of benzene rings is 3. The van der Waals surface area contributed by atoms with E-state index in [1.165, 1.54) is 48.2 Å². The molecule has 176 valence electrons. The second-order valence-electron chi connectivity index (χ2n) is 10.1. The van der Waals surface area contributed by atoms with Crippen molar-refractivity contribution in [1.29, 1.82) is 0 Å². The second-order valence-corrected chi connectivity index (χ2v) is 10.1. The highest BCUT2D eigenvalue weighted by atomic mass is 16.5. The van der Waals surface area contributed by atoms with Gasteiger partial charge in [-0.1, -0.05) is 72.3 Å². The number of amides is 1. The molecule has 1 aliphatic heterocycles. The Labute approximate surface area is 202 Å². The predicted octanol–water partition coefficient (Wildman–Crippen LogP) is 5.74. The third-order valence-corrected chi connectivity index (χ3v) is 7.75. The van der Waals surface area contributed by atoms with Gasteiger partial charge in [0.15, 0.2) is 0 Å². The van der Waals surface area contributed by atoms with Crippen molar-refractivity contribution in [3.05, 3.63) is 101 Å². The molecule has 1 aliphatic carbocycles. The highest BCUT2D eigenvalue weighted by Gasteiger charge is 2.41. The number of carbonyl (C=O) groups excluding carboxylic acids is 1. The summed E-state index contributed by atoms with van der Waals surface area (Å²) in [6.45, 7) is 5.47. The van der Waals surface area contributed by atoms with Crippen molar-refractivity contribution in [2.75, 3.05) is 13.1 Å². The summed E-state index contributed by atoms with van der Waals surface area (Å²) in [6.07, 6.45) is 3.64. The molecule has 2 atom stereocenters. The van der Waals surface area contributed by atoms with Crippen LogP contribution in [-0.4, -0.2) is 24.1 Å². The number of likely N-dealkylation sites (tertiary alicyclic amines) is 1. The molecule has 4 heteroatoms. The molecule has 5 rings (SSSR count). The van der Waals surface area contributed by atoms with E-state index >= 15 is 0 Å². The largest absolute Gasteiger partial charge is 0.410 e. The predicted molar refractivity (Wildman–Crippen MR) is 136 cm³/mol. The van der Waals surface area contributed by atoms with Gasteiger partial charge in [-0.15, -0.1) is 0 Å². The Hall–Kier alpha value is -3.11. The molecule has 2 bridgehead atoms. The first-order valence-corrected chi connectivity index (χ1v) is 12.4. The lowest BCUT2D eigenvalue weighted by Crippen LogP contribution is -2.42. The molecule has 2 aliphatic rings. The summed E-state index contributed by atoms with van der Waals surface area (Å²) in [5.41, 5.74) is 11.6. The molecule has 3 aromatic carbocycles. The Morgan fingerprint density at radius 3 is 2.29 bits per heavy atom. The van der Waals surface area contributed by atoms with Gasteiger partial charge in [-0.05, 0) is 66.7 Å². The van der Waals surface area contributed by atoms with Crippen LogP contribution < -0.4 is 10.5 Å². The van der Waals surface area contributed by atoms with E-state index in [1.54, 1.807) is 0 Å². The molecule has 2 fully saturated rings. The summed E-state index contributed by atoms with van der Waals surface area (Å²) in [6, 6.07) is 25.5. The van der Waals surface area contributed by atoms with Gasteiger partial charge in [0.25, 0.3) is 0 Å². The van der Waals surface area contributed by atoms with Crippen molar-refractivity contribution < 1.29 is 9.53 Å². The lowest BCUT2D eigenvalue weighted by Gasteiger charge is -2.38. The van der Waals surface area contributed by atoms with E-state index in [4.69, 9.17) is 10.5 Å². The van der Waals surface area contributed by atoms with Crippen LogP contribution in [0.15, 0.2) is 72.8 Å². The van der Waals surface area contributed by atoms with Crippen LogP contribution in [0.25, 0.3) is 0 Å². The lowest BCUT2D eigenvalue weighted by molar-refractivity contribution is 0.103. The molecule has 0 spiro atoms. The molecule has 34 heavy (non-hydrogen) atoms. The highest BCUT2D eigenvalue weighted by Crippen LogP contribution is 2.45. The van der Waals surface area contributed by atoms with Crippen LogP contribution in [-0.2, 0) is 19.4 Å². The molecule has 4 nitrogen and oxygen atoms in total. The van der Waals surface area contributed by atoms with Gasteiger partial charge in [0, 0.05) is 31.6 Å². The van der Waals surface area contributed by atoms with Crippen LogP contribution in [0, 0.1) is 24.7 Å². The van der Waals surface area contributed by atoms with E-state index in [2.05, 4.69) is 72.5 Å². The molecule has 2 N–H and O–H groups in total. The zero-order valence-electron chi connectivity index (χ0n) is 20.0. The monoisotopic (exact) mass is 454 g/mol. The number of aryl methyl sites for hydroxylation is 1. The number of carbonyl (C=O) groups is 1. The van der Waals surface area contributed by atoms with Crippen molar-refractivity contribution in [2.24, 2.45) is 23.5 Å². The van der Waals surface area contributed by atoms with Gasteiger partial charge < -0.3 is 10.5 Å². The number of ether oxygens (including phenoxy) is 1. The minimum absolute atomic E-state index is 0.597. The minimum atomic E-state index is -0.753. The minimum Gasteiger partial charge on any atom is -0.410 e. The first-order chi connectivity index (χ1) is 16.5. The summed E-state index contributed by atoms with van der Waals surface area (Å²) < 4.78 is 5.45. The van der Waals surface area contributed by atoms with Gasteiger partial charge in [0.2, 0.25) is 0 Å². The SMILES string of the molecule is Cc1ccc(Cc2c(CC3C4CCC3CN(Cc3ccccc3)C4)cccc2OC(N)=O)cc1. The topological polar surface area (TPSA) is 55.6 Å². The molecule has 1 saturated carbocycles. The van der Waals surface area contributed by atoms with Crippen molar-refractivity contribution >= 4 is 6.09 Å². The second kappa shape index (κ2) is 10.0. The van der Waals surface area contributed by atoms with Crippen LogP contribution >= 0.6 is 0 Å². The first kappa shape index (κ1) is 22.7. The number of rotatable bonds is 7. The van der Waals surface area contributed by atoms with E-state index in [0.717, 1.165) is 36.8 Å². The fourth-order valence-electron chi connectivity index (χ4n) is 6.11. The Bertz CT molecular complexity index is 1110. The molecule has 1 heterocycles. The maximum Gasteiger partial charge on any atom is 0.409 e. The van der Waals surface area contributed by atoms with E-state index in [0.29, 0.717) is 11.7 Å². The zero-order chi connectivity index (χ0) is 23.5. The average Bonchev–Trinajstić information content (AvgIpc) is 3.05. The van der Waals surface area contributed by atoms with Crippen LogP contribution in [0.4, 0.5) is 4.79 Å². The van der Waals surface area contributed by atoms with E-state index in [-0.39, 0.29) is 0 Å². The first-order valence-electron chi connectivity index (χ1n) is 12.4. The molecular formula is C30H34N2O2. The van der Waals surface area contributed by atoms with Crippen LogP contribution in [0.2, 0.25) is 0 Å². The summed E-state index contributed by atoms with van der Waals surface area (Å²) in [5.74, 6) is 2.71. The summed E-state index contributed by atoms with van der Waals surface area (Å²) >= 11 is 0. The van der Waals surface area contributed by atoms with Gasteiger partial charge in [-0.3, -0.25) is 4.90 Å². The van der Waals surface area contributed by atoms with Gasteiger partial charge in [0.05, 0.1) is 0 Å². The summed E-state index contributed by atoms with van der Waals surface area (Å²) in [5, 5.41) is 0. The Morgan fingerprint density at radius 2 is 1.62 bits per heavy atom. The number of nitrogens with two attached hydrogens (primary N) is 1. The maximum absolute atomic E-state index is 11.6. The summed E-state index contributed by atoms with van der Waals surface area (Å²) in [4.78, 5) is 14.3. The molecule has 2 unspecified atom stereocenters. The van der Waals surface area contributed by atoms with Gasteiger partial charge >= 0.3 is 6.09 Å². The number of nitrogens with zero attached hydrogens (tertiary/aromatic N) is 1. The Balaban J connectivity index is 1.35. The number of primary amides is 1. The molecule has 0 radical (unpaired) electrons. The van der Waals surface area contributed by atoms with Crippen molar-refractivity contribution in [1.82, 2.24) is 4.90 Å². The van der Waals surface area contributed by atoms with Gasteiger partial charge in [-0.2, -0.15) is 0 Å². The van der Waals surface area contributed by atoms with E-state index in [1.807, 2.05) is 12.1 Å². The lowest BCUT2D eigenvalue weighted by atomic mass is 9.79. The van der Waals surface area contributed by atoms with Crippen molar-refractivity contribution in [2.45, 2.75) is 39.2 Å². The van der Waals surface area contributed by atoms with E-state index in [9.17, 15) is 4.79 Å². The fraction of sp³-hybridized carbons (Fsp3) is 0.367. The van der Waals surface area contributed by atoms with Crippen molar-refractivity contribution in [3.63, 3.8) is 0 Å². The fourth-order valence-corrected chi connectivity index (χ4v) is 6.11. The third-order valence-electron chi connectivity index (χ3n) is 7.75. The Kier molecular flexibility index (Phi) is 6.68. The van der Waals surface area contributed by atoms with Crippen LogP contribution in [0.5, 0.6) is 5.75 Å². The Morgan fingerprint density at radius 1 is 0.912 bits per heavy atom. The average molecular weight is 455 g/mol. The normalized spacial score (nSPS) is 22.0. The third kappa shape index (κ3) is 5.18. The molecule has 0 aromatic heterocycles.